The van der Waals surface area contributed by atoms with Gasteiger partial charge >= 0.3 is 295 Å². The van der Waals surface area contributed by atoms with Crippen molar-refractivity contribution in [3.63, 3.8) is 0 Å². The Morgan fingerprint density at radius 2 is 0.720 bits per heavy atom. The SMILES string of the molecule is COc1ccc(P(Oc2ccc(C(C)(c3ccc(O)cc3)c3ccc(O)cc3)cc2)(c2ccccc2)(c2ccccc2)c2ccccc2)cc1. The molecule has 0 bridgehead atoms. The van der Waals surface area contributed by atoms with E-state index >= 15 is 0 Å². The maximum atomic E-state index is 10.1. The van der Waals surface area contributed by atoms with Gasteiger partial charge in [0.15, 0.2) is 0 Å². The summed E-state index contributed by atoms with van der Waals surface area (Å²) in [6.07, 6.45) is 0. The molecule has 0 aliphatic heterocycles. The average molecular weight is 675 g/mol. The van der Waals surface area contributed by atoms with E-state index in [9.17, 15) is 10.2 Å². The molecule has 0 amide bonds. The van der Waals surface area contributed by atoms with E-state index in [2.05, 4.69) is 116 Å². The average Bonchev–Trinajstić information content (AvgIpc) is 3.19. The Morgan fingerprint density at radius 3 is 1.08 bits per heavy atom. The van der Waals surface area contributed by atoms with E-state index in [-0.39, 0.29) is 11.5 Å². The fourth-order valence-corrected chi connectivity index (χ4v) is 13.0. The second-order valence-electron chi connectivity index (χ2n) is 12.6. The second-order valence-corrected chi connectivity index (χ2v) is 16.9. The summed E-state index contributed by atoms with van der Waals surface area (Å²) in [4.78, 5) is 0. The summed E-state index contributed by atoms with van der Waals surface area (Å²) in [6, 6.07) is 63.0. The first kappa shape index (κ1) is 32.7. The number of rotatable bonds is 10. The molecular weight excluding hydrogens is 635 g/mol. The molecule has 0 saturated carbocycles. The molecule has 0 spiro atoms. The Hall–Kier alpha value is -5.83. The second kappa shape index (κ2) is 13.2. The molecule has 7 aromatic rings. The van der Waals surface area contributed by atoms with Gasteiger partial charge in [-0.1, -0.05) is 0 Å². The number of phenols is 2. The third kappa shape index (κ3) is 5.30. The van der Waals surface area contributed by atoms with Gasteiger partial charge in [0.1, 0.15) is 0 Å². The predicted molar refractivity (Wildman–Crippen MR) is 207 cm³/mol. The van der Waals surface area contributed by atoms with Gasteiger partial charge in [-0.05, 0) is 0 Å². The Morgan fingerprint density at radius 1 is 0.400 bits per heavy atom. The molecule has 7 rings (SSSR count). The van der Waals surface area contributed by atoms with Crippen LogP contribution in [-0.2, 0) is 5.41 Å². The molecule has 248 valence electrons. The van der Waals surface area contributed by atoms with E-state index < -0.39 is 12.2 Å². The van der Waals surface area contributed by atoms with Crippen molar-refractivity contribution in [1.29, 1.82) is 0 Å². The van der Waals surface area contributed by atoms with Crippen LogP contribution in [0.3, 0.4) is 0 Å². The zero-order chi connectivity index (χ0) is 34.6. The molecule has 0 unspecified atom stereocenters. The molecule has 2 N–H and O–H groups in total. The number of aromatic hydroxyl groups is 2. The maximum absolute atomic E-state index is 10.1. The molecule has 7 aromatic carbocycles. The van der Waals surface area contributed by atoms with Crippen molar-refractivity contribution in [3.05, 3.63) is 205 Å². The molecule has 0 heterocycles. The number of methoxy groups -OCH3 is 1. The molecule has 0 atom stereocenters. The van der Waals surface area contributed by atoms with Crippen LogP contribution in [0.2, 0.25) is 0 Å². The van der Waals surface area contributed by atoms with E-state index in [0.717, 1.165) is 49.4 Å². The fourth-order valence-electron chi connectivity index (χ4n) is 7.26. The quantitative estimate of drug-likeness (QED) is 0.113. The van der Waals surface area contributed by atoms with Crippen LogP contribution in [-0.4, -0.2) is 17.3 Å². The number of ether oxygens (including phenoxy) is 1. The van der Waals surface area contributed by atoms with Crippen LogP contribution in [0.5, 0.6) is 23.0 Å². The van der Waals surface area contributed by atoms with E-state index in [4.69, 9.17) is 9.26 Å². The summed E-state index contributed by atoms with van der Waals surface area (Å²) in [5.41, 5.74) is 2.44. The summed E-state index contributed by atoms with van der Waals surface area (Å²) in [6.45, 7) is -1.82. The van der Waals surface area contributed by atoms with E-state index in [0.29, 0.717) is 0 Å². The first-order valence-electron chi connectivity index (χ1n) is 16.6. The van der Waals surface area contributed by atoms with Crippen molar-refractivity contribution in [2.45, 2.75) is 12.3 Å². The summed E-state index contributed by atoms with van der Waals surface area (Å²) in [5, 5.41) is 24.5. The number of phenolic OH excluding ortho intramolecular Hbond substituents is 2. The molecule has 5 heteroatoms. The predicted octanol–water partition coefficient (Wildman–Crippen LogP) is 8.61. The van der Waals surface area contributed by atoms with Gasteiger partial charge in [-0.2, -0.15) is 0 Å². The monoisotopic (exact) mass is 674 g/mol. The summed E-state index contributed by atoms with van der Waals surface area (Å²) in [7, 11) is 1.68. The third-order valence-electron chi connectivity index (χ3n) is 9.92. The van der Waals surface area contributed by atoms with Crippen molar-refractivity contribution in [2.75, 3.05) is 7.11 Å². The van der Waals surface area contributed by atoms with Crippen LogP contribution in [0, 0.1) is 0 Å². The van der Waals surface area contributed by atoms with Crippen LogP contribution in [0.4, 0.5) is 0 Å². The van der Waals surface area contributed by atoms with Crippen molar-refractivity contribution >= 4 is 28.0 Å². The standard InChI is InChI=1S/C45H39O4P/c1-45(34-18-24-37(46)25-19-34,35-20-26-38(47)27-21-35)36-22-28-40(29-23-36)49-50(41-12-6-3-7-13-41,42-14-8-4-9-15-42,43-16-10-5-11-17-43)44-32-30-39(48-2)31-33-44/h3-33,46-47H,1-2H3. The molecule has 0 aromatic heterocycles. The Labute approximate surface area is 293 Å². The Balaban J connectivity index is 1.49. The van der Waals surface area contributed by atoms with Gasteiger partial charge in [-0.25, -0.2) is 0 Å². The molecule has 0 saturated heterocycles. The van der Waals surface area contributed by atoms with Crippen LogP contribution < -0.4 is 30.5 Å². The number of benzene rings is 7. The molecule has 0 fully saturated rings. The van der Waals surface area contributed by atoms with Gasteiger partial charge < -0.3 is 0 Å². The molecule has 0 aliphatic carbocycles. The molecule has 0 radical (unpaired) electrons. The summed E-state index contributed by atoms with van der Waals surface area (Å²) in [5.74, 6) is 1.90. The normalized spacial score (nSPS) is 12.4. The minimum atomic E-state index is -3.98. The van der Waals surface area contributed by atoms with E-state index in [1.165, 1.54) is 0 Å². The molecular formula is C45H39O4P. The fraction of sp³-hybridized carbons (Fsp3) is 0.0667. The van der Waals surface area contributed by atoms with E-state index in [1.54, 1.807) is 31.4 Å². The van der Waals surface area contributed by atoms with Crippen LogP contribution in [0.1, 0.15) is 23.6 Å². The molecule has 0 aliphatic rings. The topological polar surface area (TPSA) is 58.9 Å². The number of hydrogen-bond acceptors (Lipinski definition) is 4. The van der Waals surface area contributed by atoms with Crippen molar-refractivity contribution in [1.82, 2.24) is 0 Å². The Bertz CT molecular complexity index is 2020. The zero-order valence-electron chi connectivity index (χ0n) is 28.1. The van der Waals surface area contributed by atoms with Gasteiger partial charge in [0.25, 0.3) is 0 Å². The van der Waals surface area contributed by atoms with Gasteiger partial charge in [0, 0.05) is 0 Å². The molecule has 4 nitrogen and oxygen atoms in total. The van der Waals surface area contributed by atoms with Crippen molar-refractivity contribution < 1.29 is 19.5 Å². The van der Waals surface area contributed by atoms with Gasteiger partial charge in [0.05, 0.1) is 0 Å². The number of hydrogen-bond donors (Lipinski definition) is 2. The first-order chi connectivity index (χ1) is 24.4. The molecule has 50 heavy (non-hydrogen) atoms. The van der Waals surface area contributed by atoms with E-state index in [1.807, 2.05) is 54.6 Å². The zero-order valence-corrected chi connectivity index (χ0v) is 29.0. The Kier molecular flexibility index (Phi) is 8.65. The van der Waals surface area contributed by atoms with Gasteiger partial charge in [0.2, 0.25) is 0 Å². The van der Waals surface area contributed by atoms with Crippen LogP contribution in [0.15, 0.2) is 188 Å². The van der Waals surface area contributed by atoms with Crippen LogP contribution in [0.25, 0.3) is 0 Å². The van der Waals surface area contributed by atoms with Gasteiger partial charge in [-0.15, -0.1) is 0 Å². The van der Waals surface area contributed by atoms with Crippen molar-refractivity contribution in [3.8, 4) is 23.0 Å². The van der Waals surface area contributed by atoms with Crippen molar-refractivity contribution in [2.24, 2.45) is 0 Å². The third-order valence-corrected chi connectivity index (χ3v) is 15.6. The minimum absolute atomic E-state index is 0.207. The van der Waals surface area contributed by atoms with Gasteiger partial charge in [-0.3, -0.25) is 0 Å². The van der Waals surface area contributed by atoms with Crippen LogP contribution >= 0.6 is 6.83 Å². The summed E-state index contributed by atoms with van der Waals surface area (Å²) < 4.78 is 13.5. The first-order valence-corrected chi connectivity index (χ1v) is 18.8. The summed E-state index contributed by atoms with van der Waals surface area (Å²) >= 11 is 0.